The van der Waals surface area contributed by atoms with E-state index in [9.17, 15) is 9.59 Å². The Kier molecular flexibility index (Phi) is 15.4. The number of amides is 1. The molecule has 4 nitrogen and oxygen atoms in total. The molecule has 0 aliphatic rings. The summed E-state index contributed by atoms with van der Waals surface area (Å²) >= 11 is 1.77. The van der Waals surface area contributed by atoms with Crippen molar-refractivity contribution in [3.8, 4) is 0 Å². The molecule has 0 fully saturated rings. The summed E-state index contributed by atoms with van der Waals surface area (Å²) in [4.78, 5) is 21.9. The number of hydrogen-bond acceptors (Lipinski definition) is 2. The van der Waals surface area contributed by atoms with Crippen LogP contribution in [0.15, 0.2) is 0 Å². The normalized spacial score (nSPS) is 9.18. The van der Waals surface area contributed by atoms with Crippen molar-refractivity contribution >= 4 is 32.5 Å². The molecule has 0 aromatic carbocycles. The van der Waals surface area contributed by atoms with Crippen molar-refractivity contribution in [2.75, 3.05) is 13.1 Å². The first-order chi connectivity index (χ1) is 7.99. The Morgan fingerprint density at radius 3 is 1.59 bits per heavy atom. The first kappa shape index (κ1) is 19.0. The van der Waals surface area contributed by atoms with Crippen molar-refractivity contribution in [3.63, 3.8) is 0 Å². The highest BCUT2D eigenvalue weighted by atomic mass is 127. The van der Waals surface area contributed by atoms with Crippen LogP contribution in [0.5, 0.6) is 0 Å². The molecule has 0 aliphatic carbocycles. The zero-order valence-corrected chi connectivity index (χ0v) is 13.2. The molecular weight excluding hydrogens is 333 g/mol. The molecule has 0 aromatic rings. The molecule has 0 rings (SSSR count). The fourth-order valence-corrected chi connectivity index (χ4v) is 1.00. The van der Waals surface area contributed by atoms with Gasteiger partial charge < -0.3 is 10.0 Å². The van der Waals surface area contributed by atoms with Crippen LogP contribution >= 0.6 is 22.6 Å². The summed E-state index contributed by atoms with van der Waals surface area (Å²) in [6.45, 7) is 7.35. The molecule has 0 bridgehead atoms. The van der Waals surface area contributed by atoms with E-state index in [2.05, 4.69) is 13.8 Å². The molecule has 0 unspecified atom stereocenters. The minimum Gasteiger partial charge on any atom is -0.465 e. The Bertz CT molecular complexity index is 202. The highest BCUT2D eigenvalue weighted by Crippen LogP contribution is 1.99. The van der Waals surface area contributed by atoms with E-state index in [0.717, 1.165) is 25.7 Å². The Labute approximate surface area is 118 Å². The topological polar surface area (TPSA) is 57.6 Å². The van der Waals surface area contributed by atoms with E-state index in [4.69, 9.17) is 5.11 Å². The van der Waals surface area contributed by atoms with Crippen molar-refractivity contribution in [1.29, 1.82) is 0 Å². The molecule has 0 aliphatic heterocycles. The Morgan fingerprint density at radius 1 is 1.06 bits per heavy atom. The Morgan fingerprint density at radius 2 is 1.41 bits per heavy atom. The smallest absolute Gasteiger partial charge is 0.407 e. The van der Waals surface area contributed by atoms with Gasteiger partial charge in [0.05, 0.1) is 0 Å². The van der Waals surface area contributed by atoms with Gasteiger partial charge in [-0.3, -0.25) is 4.79 Å². The predicted octanol–water partition coefficient (Wildman–Crippen LogP) is 3.92. The molecule has 0 aromatic heterocycles. The van der Waals surface area contributed by atoms with Crippen LogP contribution in [0.25, 0.3) is 0 Å². The van der Waals surface area contributed by atoms with E-state index in [-0.39, 0.29) is 3.79 Å². The fraction of sp³-hybridized carbons (Fsp3) is 0.833. The predicted molar refractivity (Wildman–Crippen MR) is 78.7 cm³/mol. The highest BCUT2D eigenvalue weighted by Gasteiger charge is 2.08. The lowest BCUT2D eigenvalue weighted by Crippen LogP contribution is -2.31. The largest absolute Gasteiger partial charge is 0.465 e. The van der Waals surface area contributed by atoms with Gasteiger partial charge in [-0.25, -0.2) is 4.79 Å². The van der Waals surface area contributed by atoms with Crippen molar-refractivity contribution in [2.45, 2.75) is 52.9 Å². The van der Waals surface area contributed by atoms with Gasteiger partial charge in [-0.1, -0.05) is 33.6 Å². The van der Waals surface area contributed by atoms with Gasteiger partial charge in [0.25, 0.3) is 0 Å². The minimum absolute atomic E-state index is 0.225. The maximum atomic E-state index is 10.6. The summed E-state index contributed by atoms with van der Waals surface area (Å²) in [6.07, 6.45) is 3.91. The number of nitrogens with zero attached hydrogens (tertiary/aromatic N) is 1. The molecule has 1 amide bonds. The molecule has 0 atom stereocenters. The lowest BCUT2D eigenvalue weighted by Gasteiger charge is -2.17. The minimum atomic E-state index is -0.781. The van der Waals surface area contributed by atoms with Gasteiger partial charge in [0.2, 0.25) is 0 Å². The molecule has 0 spiro atoms. The quantitative estimate of drug-likeness (QED) is 0.555. The molecule has 0 saturated carbocycles. The van der Waals surface area contributed by atoms with Crippen LogP contribution in [0, 0.1) is 0 Å². The zero-order valence-electron chi connectivity index (χ0n) is 11.0. The number of hydrogen-bond donors (Lipinski definition) is 1. The van der Waals surface area contributed by atoms with Crippen molar-refractivity contribution in [3.05, 3.63) is 0 Å². The van der Waals surface area contributed by atoms with E-state index in [0.29, 0.717) is 19.5 Å². The van der Waals surface area contributed by atoms with Crippen LogP contribution in [-0.2, 0) is 4.79 Å². The summed E-state index contributed by atoms with van der Waals surface area (Å²) in [5.74, 6) is 0. The molecule has 102 valence electrons. The van der Waals surface area contributed by atoms with Gasteiger partial charge >= 0.3 is 6.09 Å². The van der Waals surface area contributed by atoms with E-state index in [1.807, 2.05) is 6.92 Å². The lowest BCUT2D eigenvalue weighted by molar-refractivity contribution is -0.109. The van der Waals surface area contributed by atoms with Gasteiger partial charge in [0, 0.05) is 19.5 Å². The molecule has 0 heterocycles. The molecule has 0 radical (unpaired) electrons. The number of carboxylic acid groups (broad SMARTS) is 1. The summed E-state index contributed by atoms with van der Waals surface area (Å²) in [6, 6.07) is 0. The van der Waals surface area contributed by atoms with Crippen molar-refractivity contribution < 1.29 is 14.7 Å². The van der Waals surface area contributed by atoms with Crippen LogP contribution in [0.4, 0.5) is 4.79 Å². The molecule has 1 N–H and O–H groups in total. The molecule has 0 saturated heterocycles. The average molecular weight is 357 g/mol. The number of carbonyl (C=O) groups excluding carboxylic acids is 1. The van der Waals surface area contributed by atoms with Gasteiger partial charge in [0.1, 0.15) is 0 Å². The number of unbranched alkanes of at least 4 members (excludes halogenated alkanes) is 2. The lowest BCUT2D eigenvalue weighted by atomic mass is 10.3. The summed E-state index contributed by atoms with van der Waals surface area (Å²) in [5.41, 5.74) is 0. The number of carbonyl (C=O) groups is 2. The van der Waals surface area contributed by atoms with Crippen molar-refractivity contribution in [2.24, 2.45) is 0 Å². The first-order valence-corrected chi connectivity index (χ1v) is 7.23. The van der Waals surface area contributed by atoms with Crippen LogP contribution in [-0.4, -0.2) is 33.0 Å². The SMILES string of the molecule is CCC(=O)I.CCCCN(CCCC)C(=O)O. The van der Waals surface area contributed by atoms with Crippen LogP contribution in [0.2, 0.25) is 0 Å². The van der Waals surface area contributed by atoms with E-state index >= 15 is 0 Å². The van der Waals surface area contributed by atoms with Gasteiger partial charge in [-0.2, -0.15) is 0 Å². The second-order valence-corrected chi connectivity index (χ2v) is 4.89. The van der Waals surface area contributed by atoms with E-state index in [1.165, 1.54) is 4.90 Å². The summed E-state index contributed by atoms with van der Waals surface area (Å²) in [7, 11) is 0. The van der Waals surface area contributed by atoms with Crippen LogP contribution in [0.3, 0.4) is 0 Å². The van der Waals surface area contributed by atoms with Gasteiger partial charge in [-0.15, -0.1) is 0 Å². The third-order valence-corrected chi connectivity index (χ3v) is 2.87. The molecule has 17 heavy (non-hydrogen) atoms. The third-order valence-electron chi connectivity index (χ3n) is 2.11. The van der Waals surface area contributed by atoms with E-state index < -0.39 is 6.09 Å². The van der Waals surface area contributed by atoms with Crippen LogP contribution in [0.1, 0.15) is 52.9 Å². The maximum absolute atomic E-state index is 10.6. The third kappa shape index (κ3) is 15.7. The van der Waals surface area contributed by atoms with Crippen molar-refractivity contribution in [1.82, 2.24) is 4.90 Å². The monoisotopic (exact) mass is 357 g/mol. The number of halogens is 1. The second-order valence-electron chi connectivity index (χ2n) is 3.69. The highest BCUT2D eigenvalue weighted by molar-refractivity contribution is 14.1. The molecular formula is C12H24INO3. The first-order valence-electron chi connectivity index (χ1n) is 6.15. The maximum Gasteiger partial charge on any atom is 0.407 e. The second kappa shape index (κ2) is 13.7. The Hall–Kier alpha value is -0.330. The fourth-order valence-electron chi connectivity index (χ4n) is 1.00. The van der Waals surface area contributed by atoms with Gasteiger partial charge in [-0.05, 0) is 35.4 Å². The molecule has 5 heteroatoms. The summed E-state index contributed by atoms with van der Waals surface area (Å²) < 4.78 is 0.225. The number of rotatable bonds is 7. The van der Waals surface area contributed by atoms with Crippen LogP contribution < -0.4 is 0 Å². The Balaban J connectivity index is 0. The zero-order chi connectivity index (χ0) is 13.7. The average Bonchev–Trinajstić information content (AvgIpc) is 2.29. The summed E-state index contributed by atoms with van der Waals surface area (Å²) in [5, 5.41) is 8.75. The van der Waals surface area contributed by atoms with E-state index in [1.54, 1.807) is 22.6 Å². The van der Waals surface area contributed by atoms with Gasteiger partial charge in [0.15, 0.2) is 3.79 Å². The standard InChI is InChI=1S/C9H19NO2.C3H5IO/c1-3-5-7-10(9(11)12)8-6-4-2;1-2-3(4)5/h3-8H2,1-2H3,(H,11,12);2H2,1H3.